The molecule has 1 unspecified atom stereocenters. The molecule has 11 heavy (non-hydrogen) atoms. The minimum atomic E-state index is 0.0104. The first kappa shape index (κ1) is 8.50. The fraction of sp³-hybridized carbons (Fsp3) is 0.375. The van der Waals surface area contributed by atoms with E-state index in [9.17, 15) is 0 Å². The summed E-state index contributed by atoms with van der Waals surface area (Å²) in [5, 5.41) is 0.516. The fourth-order valence-corrected chi connectivity index (χ4v) is 1.10. The van der Waals surface area contributed by atoms with Gasteiger partial charge in [-0.25, -0.2) is 4.98 Å². The van der Waals surface area contributed by atoms with Crippen LogP contribution in [0.5, 0.6) is 0 Å². The van der Waals surface area contributed by atoms with Crippen LogP contribution < -0.4 is 0 Å². The number of hydrogen-bond donors (Lipinski definition) is 0. The lowest BCUT2D eigenvalue weighted by molar-refractivity contribution is 0.119. The minimum Gasteiger partial charge on any atom is -0.377 e. The average Bonchev–Trinajstić information content (AvgIpc) is 2.04. The molecule has 0 N–H and O–H groups in total. The maximum atomic E-state index is 5.81. The summed E-state index contributed by atoms with van der Waals surface area (Å²) in [4.78, 5) is 3.93. The molecule has 0 spiro atoms. The maximum Gasteiger partial charge on any atom is 0.134 e. The average molecular weight is 172 g/mol. The van der Waals surface area contributed by atoms with Gasteiger partial charge in [0.25, 0.3) is 0 Å². The van der Waals surface area contributed by atoms with E-state index in [0.717, 1.165) is 5.56 Å². The first-order valence-corrected chi connectivity index (χ1v) is 3.76. The molecule has 0 aromatic carbocycles. The topological polar surface area (TPSA) is 22.1 Å². The highest BCUT2D eigenvalue weighted by Crippen LogP contribution is 2.21. The minimum absolute atomic E-state index is 0.0104. The van der Waals surface area contributed by atoms with E-state index in [0.29, 0.717) is 5.15 Å². The van der Waals surface area contributed by atoms with Gasteiger partial charge in [-0.1, -0.05) is 17.7 Å². The van der Waals surface area contributed by atoms with Gasteiger partial charge in [-0.05, 0) is 13.0 Å². The van der Waals surface area contributed by atoms with Crippen LogP contribution in [-0.2, 0) is 4.74 Å². The number of rotatable bonds is 2. The molecule has 1 aromatic rings. The predicted octanol–water partition coefficient (Wildman–Crippen LogP) is 2.44. The monoisotopic (exact) mass is 171 g/mol. The smallest absolute Gasteiger partial charge is 0.134 e. The Labute approximate surface area is 71.2 Å². The molecule has 0 aliphatic heterocycles. The zero-order valence-corrected chi connectivity index (χ0v) is 7.30. The lowest BCUT2D eigenvalue weighted by Gasteiger charge is -2.09. The molecule has 1 aromatic heterocycles. The Balaban J connectivity index is 2.93. The van der Waals surface area contributed by atoms with Crippen LogP contribution >= 0.6 is 11.6 Å². The van der Waals surface area contributed by atoms with Crippen molar-refractivity contribution in [3.8, 4) is 0 Å². The molecule has 0 aliphatic carbocycles. The quantitative estimate of drug-likeness (QED) is 0.638. The second-order valence-electron chi connectivity index (χ2n) is 2.26. The van der Waals surface area contributed by atoms with Crippen LogP contribution in [0.2, 0.25) is 5.15 Å². The lowest BCUT2D eigenvalue weighted by Crippen LogP contribution is -1.97. The van der Waals surface area contributed by atoms with Crippen molar-refractivity contribution in [3.63, 3.8) is 0 Å². The first-order chi connectivity index (χ1) is 5.25. The van der Waals surface area contributed by atoms with E-state index in [-0.39, 0.29) is 6.10 Å². The van der Waals surface area contributed by atoms with Gasteiger partial charge in [0.15, 0.2) is 0 Å². The molecule has 0 fully saturated rings. The number of hydrogen-bond acceptors (Lipinski definition) is 2. The predicted molar refractivity (Wildman–Crippen MR) is 44.7 cm³/mol. The molecular weight excluding hydrogens is 162 g/mol. The largest absolute Gasteiger partial charge is 0.377 e. The Morgan fingerprint density at radius 3 is 2.91 bits per heavy atom. The second kappa shape index (κ2) is 3.69. The molecule has 1 atom stereocenters. The fourth-order valence-electron chi connectivity index (χ4n) is 0.829. The third kappa shape index (κ3) is 1.91. The van der Waals surface area contributed by atoms with E-state index in [1.807, 2.05) is 19.1 Å². The highest BCUT2D eigenvalue weighted by molar-refractivity contribution is 6.30. The Morgan fingerprint density at radius 2 is 2.36 bits per heavy atom. The van der Waals surface area contributed by atoms with Crippen LogP contribution in [0.15, 0.2) is 18.3 Å². The summed E-state index contributed by atoms with van der Waals surface area (Å²) < 4.78 is 5.09. The van der Waals surface area contributed by atoms with Crippen molar-refractivity contribution in [2.24, 2.45) is 0 Å². The number of ether oxygens (including phenoxy) is 1. The van der Waals surface area contributed by atoms with Gasteiger partial charge >= 0.3 is 0 Å². The van der Waals surface area contributed by atoms with Crippen molar-refractivity contribution >= 4 is 11.6 Å². The van der Waals surface area contributed by atoms with Gasteiger partial charge < -0.3 is 4.74 Å². The summed E-state index contributed by atoms with van der Waals surface area (Å²) in [5.74, 6) is 0. The molecule has 0 bridgehead atoms. The Morgan fingerprint density at radius 1 is 1.64 bits per heavy atom. The Bertz CT molecular complexity index is 239. The van der Waals surface area contributed by atoms with Crippen LogP contribution in [-0.4, -0.2) is 12.1 Å². The van der Waals surface area contributed by atoms with Gasteiger partial charge in [0.1, 0.15) is 5.15 Å². The number of pyridine rings is 1. The Hall–Kier alpha value is -0.600. The third-order valence-electron chi connectivity index (χ3n) is 1.58. The molecule has 0 aliphatic rings. The van der Waals surface area contributed by atoms with E-state index < -0.39 is 0 Å². The van der Waals surface area contributed by atoms with E-state index in [1.165, 1.54) is 0 Å². The van der Waals surface area contributed by atoms with Crippen molar-refractivity contribution in [2.75, 3.05) is 7.11 Å². The van der Waals surface area contributed by atoms with Crippen LogP contribution in [0.25, 0.3) is 0 Å². The molecule has 3 heteroatoms. The summed E-state index contributed by atoms with van der Waals surface area (Å²) >= 11 is 5.81. The van der Waals surface area contributed by atoms with Gasteiger partial charge in [0.2, 0.25) is 0 Å². The van der Waals surface area contributed by atoms with Crippen molar-refractivity contribution in [1.29, 1.82) is 0 Å². The molecule has 60 valence electrons. The zero-order valence-electron chi connectivity index (χ0n) is 6.54. The molecule has 2 nitrogen and oxygen atoms in total. The molecule has 0 saturated heterocycles. The SMILES string of the molecule is COC(C)c1cccnc1Cl. The van der Waals surface area contributed by atoms with Gasteiger partial charge in [0, 0.05) is 18.9 Å². The van der Waals surface area contributed by atoms with Gasteiger partial charge in [-0.15, -0.1) is 0 Å². The number of nitrogens with zero attached hydrogens (tertiary/aromatic N) is 1. The van der Waals surface area contributed by atoms with Crippen LogP contribution in [0.1, 0.15) is 18.6 Å². The van der Waals surface area contributed by atoms with Crippen molar-refractivity contribution in [3.05, 3.63) is 29.0 Å². The molecule has 1 rings (SSSR count). The highest BCUT2D eigenvalue weighted by atomic mass is 35.5. The lowest BCUT2D eigenvalue weighted by atomic mass is 10.2. The molecular formula is C8H10ClNO. The van der Waals surface area contributed by atoms with Crippen molar-refractivity contribution in [1.82, 2.24) is 4.98 Å². The summed E-state index contributed by atoms with van der Waals surface area (Å²) in [6.07, 6.45) is 1.67. The molecule has 0 saturated carbocycles. The summed E-state index contributed by atoms with van der Waals surface area (Å²) in [6, 6.07) is 3.75. The molecule has 1 heterocycles. The maximum absolute atomic E-state index is 5.81. The van der Waals surface area contributed by atoms with Crippen LogP contribution in [0.3, 0.4) is 0 Å². The van der Waals surface area contributed by atoms with Gasteiger partial charge in [-0.3, -0.25) is 0 Å². The first-order valence-electron chi connectivity index (χ1n) is 3.39. The number of aromatic nitrogens is 1. The van der Waals surface area contributed by atoms with E-state index >= 15 is 0 Å². The zero-order chi connectivity index (χ0) is 8.27. The number of methoxy groups -OCH3 is 1. The standard InChI is InChI=1S/C8H10ClNO/c1-6(11-2)7-4-3-5-10-8(7)9/h3-6H,1-2H3. The van der Waals surface area contributed by atoms with Crippen LogP contribution in [0, 0.1) is 0 Å². The van der Waals surface area contributed by atoms with Crippen molar-refractivity contribution in [2.45, 2.75) is 13.0 Å². The summed E-state index contributed by atoms with van der Waals surface area (Å²) in [5.41, 5.74) is 0.927. The molecule has 0 radical (unpaired) electrons. The second-order valence-corrected chi connectivity index (χ2v) is 2.62. The number of halogens is 1. The summed E-state index contributed by atoms with van der Waals surface area (Å²) in [6.45, 7) is 1.93. The normalized spacial score (nSPS) is 13.0. The molecule has 0 amide bonds. The van der Waals surface area contributed by atoms with Crippen molar-refractivity contribution < 1.29 is 4.74 Å². The van der Waals surface area contributed by atoms with Gasteiger partial charge in [-0.2, -0.15) is 0 Å². The van der Waals surface area contributed by atoms with Crippen LogP contribution in [0.4, 0.5) is 0 Å². The van der Waals surface area contributed by atoms with E-state index in [4.69, 9.17) is 16.3 Å². The summed E-state index contributed by atoms with van der Waals surface area (Å²) in [7, 11) is 1.65. The highest BCUT2D eigenvalue weighted by Gasteiger charge is 2.07. The van der Waals surface area contributed by atoms with E-state index in [1.54, 1.807) is 13.3 Å². The van der Waals surface area contributed by atoms with E-state index in [2.05, 4.69) is 4.98 Å². The third-order valence-corrected chi connectivity index (χ3v) is 1.90. The Kier molecular flexibility index (Phi) is 2.85. The van der Waals surface area contributed by atoms with Gasteiger partial charge in [0.05, 0.1) is 6.10 Å².